The molecule has 0 aliphatic heterocycles. The van der Waals surface area contributed by atoms with Crippen LogP contribution >= 0.6 is 11.6 Å². The lowest BCUT2D eigenvalue weighted by molar-refractivity contribution is -0.150. The van der Waals surface area contributed by atoms with Crippen molar-refractivity contribution in [3.05, 3.63) is 95.8 Å². The second-order valence-corrected chi connectivity index (χ2v) is 7.85. The number of hydrogen-bond acceptors (Lipinski definition) is 4. The van der Waals surface area contributed by atoms with Crippen LogP contribution in [0, 0.1) is 0 Å². The van der Waals surface area contributed by atoms with Crippen LogP contribution in [0.5, 0.6) is 0 Å². The minimum absolute atomic E-state index is 0.0687. The maximum absolute atomic E-state index is 13.0. The standard InChI is InChI=1S/C26H22ClF3N2O3/c1-35-25(34)23(16-27)32(17-19-2-7-20(8-3-19)21-12-14-31-15-13-21)24(33)11-6-18-4-9-22(10-5-18)26(28,29)30/h2-15,23H,16-17H2,1H3/t23-/m1/s1. The molecule has 0 saturated heterocycles. The predicted molar refractivity (Wildman–Crippen MR) is 127 cm³/mol. The van der Waals surface area contributed by atoms with Gasteiger partial charge < -0.3 is 9.64 Å². The summed E-state index contributed by atoms with van der Waals surface area (Å²) in [5.41, 5.74) is 2.29. The molecular formula is C26H22ClF3N2O3. The zero-order valence-corrected chi connectivity index (χ0v) is 19.5. The fraction of sp³-hybridized carbons (Fsp3) is 0.192. The topological polar surface area (TPSA) is 59.5 Å². The van der Waals surface area contributed by atoms with Gasteiger partial charge in [-0.1, -0.05) is 36.4 Å². The van der Waals surface area contributed by atoms with Gasteiger partial charge in [0.15, 0.2) is 0 Å². The maximum Gasteiger partial charge on any atom is 0.416 e. The molecule has 0 unspecified atom stereocenters. The first kappa shape index (κ1) is 26.0. The zero-order chi connectivity index (χ0) is 25.4. The number of amides is 1. The molecule has 1 aromatic heterocycles. The summed E-state index contributed by atoms with van der Waals surface area (Å²) in [5.74, 6) is -1.41. The Hall–Kier alpha value is -3.65. The van der Waals surface area contributed by atoms with Gasteiger partial charge in [-0.2, -0.15) is 13.2 Å². The van der Waals surface area contributed by atoms with Crippen LogP contribution in [-0.2, 0) is 27.0 Å². The van der Waals surface area contributed by atoms with E-state index in [4.69, 9.17) is 16.3 Å². The number of aromatic nitrogens is 1. The summed E-state index contributed by atoms with van der Waals surface area (Å²) in [4.78, 5) is 30.6. The number of hydrogen-bond donors (Lipinski definition) is 0. The van der Waals surface area contributed by atoms with E-state index < -0.39 is 29.7 Å². The fourth-order valence-electron chi connectivity index (χ4n) is 3.34. The van der Waals surface area contributed by atoms with E-state index in [1.807, 2.05) is 36.4 Å². The molecule has 1 heterocycles. The summed E-state index contributed by atoms with van der Waals surface area (Å²) in [6, 6.07) is 14.5. The van der Waals surface area contributed by atoms with Crippen LogP contribution in [-0.4, -0.2) is 40.8 Å². The van der Waals surface area contributed by atoms with Gasteiger partial charge in [-0.3, -0.25) is 9.78 Å². The highest BCUT2D eigenvalue weighted by Gasteiger charge is 2.30. The van der Waals surface area contributed by atoms with Crippen molar-refractivity contribution in [2.24, 2.45) is 0 Å². The molecule has 0 fully saturated rings. The van der Waals surface area contributed by atoms with Crippen LogP contribution in [0.4, 0.5) is 13.2 Å². The molecule has 0 spiro atoms. The third kappa shape index (κ3) is 6.93. The van der Waals surface area contributed by atoms with Gasteiger partial charge in [0.05, 0.1) is 18.6 Å². The first-order valence-electron chi connectivity index (χ1n) is 10.5. The summed E-state index contributed by atoms with van der Waals surface area (Å²) < 4.78 is 43.1. The largest absolute Gasteiger partial charge is 0.467 e. The summed E-state index contributed by atoms with van der Waals surface area (Å²) in [6.45, 7) is 0.0687. The van der Waals surface area contributed by atoms with Gasteiger partial charge in [0.2, 0.25) is 5.91 Å². The normalized spacial score (nSPS) is 12.4. The fourth-order valence-corrected chi connectivity index (χ4v) is 3.63. The zero-order valence-electron chi connectivity index (χ0n) is 18.7. The number of benzene rings is 2. The van der Waals surface area contributed by atoms with Gasteiger partial charge >= 0.3 is 12.1 Å². The van der Waals surface area contributed by atoms with E-state index in [1.165, 1.54) is 36.3 Å². The molecule has 0 bridgehead atoms. The van der Waals surface area contributed by atoms with Crippen LogP contribution in [0.3, 0.4) is 0 Å². The van der Waals surface area contributed by atoms with Gasteiger partial charge in [0, 0.05) is 25.0 Å². The number of carbonyl (C=O) groups excluding carboxylic acids is 2. The van der Waals surface area contributed by atoms with Crippen molar-refractivity contribution < 1.29 is 27.5 Å². The van der Waals surface area contributed by atoms with E-state index >= 15 is 0 Å². The lowest BCUT2D eigenvalue weighted by Crippen LogP contribution is -2.45. The first-order valence-corrected chi connectivity index (χ1v) is 11.1. The number of nitrogens with zero attached hydrogens (tertiary/aromatic N) is 2. The van der Waals surface area contributed by atoms with E-state index in [2.05, 4.69) is 4.98 Å². The molecule has 0 N–H and O–H groups in total. The van der Waals surface area contributed by atoms with Gasteiger partial charge in [-0.05, 0) is 52.6 Å². The van der Waals surface area contributed by atoms with E-state index in [0.29, 0.717) is 5.56 Å². The van der Waals surface area contributed by atoms with Gasteiger partial charge in [-0.25, -0.2) is 4.79 Å². The summed E-state index contributed by atoms with van der Waals surface area (Å²) in [7, 11) is 1.20. The Kier molecular flexibility index (Phi) is 8.65. The van der Waals surface area contributed by atoms with Crippen LogP contribution < -0.4 is 0 Å². The minimum atomic E-state index is -4.45. The third-order valence-corrected chi connectivity index (χ3v) is 5.55. The number of halogens is 4. The van der Waals surface area contributed by atoms with Crippen molar-refractivity contribution in [1.29, 1.82) is 0 Å². The molecule has 0 radical (unpaired) electrons. The van der Waals surface area contributed by atoms with Crippen molar-refractivity contribution >= 4 is 29.6 Å². The van der Waals surface area contributed by atoms with Crippen molar-refractivity contribution in [3.8, 4) is 11.1 Å². The quantitative estimate of drug-likeness (QED) is 0.229. The summed E-state index contributed by atoms with van der Waals surface area (Å²) in [6.07, 6.45) is 1.50. The maximum atomic E-state index is 13.0. The molecule has 2 aromatic carbocycles. The average molecular weight is 503 g/mol. The van der Waals surface area contributed by atoms with E-state index in [0.717, 1.165) is 28.8 Å². The lowest BCUT2D eigenvalue weighted by atomic mass is 10.0. The third-order valence-electron chi connectivity index (χ3n) is 5.26. The Labute approximate surface area is 205 Å². The molecule has 0 saturated carbocycles. The van der Waals surface area contributed by atoms with Gasteiger partial charge in [0.25, 0.3) is 0 Å². The number of methoxy groups -OCH3 is 1. The smallest absolute Gasteiger partial charge is 0.416 e. The molecule has 3 rings (SSSR count). The lowest BCUT2D eigenvalue weighted by Gasteiger charge is -2.28. The van der Waals surface area contributed by atoms with Crippen LogP contribution in [0.1, 0.15) is 16.7 Å². The molecule has 5 nitrogen and oxygen atoms in total. The molecule has 9 heteroatoms. The number of ether oxygens (including phenoxy) is 1. The Morgan fingerprint density at radius 1 is 1.00 bits per heavy atom. The van der Waals surface area contributed by atoms with Crippen molar-refractivity contribution in [1.82, 2.24) is 9.88 Å². The number of pyridine rings is 1. The van der Waals surface area contributed by atoms with E-state index in [-0.39, 0.29) is 12.4 Å². The Morgan fingerprint density at radius 3 is 2.14 bits per heavy atom. The molecule has 1 amide bonds. The van der Waals surface area contributed by atoms with Crippen LogP contribution in [0.25, 0.3) is 17.2 Å². The molecule has 182 valence electrons. The number of rotatable bonds is 8. The highest BCUT2D eigenvalue weighted by atomic mass is 35.5. The SMILES string of the molecule is COC(=O)[C@@H](CCl)N(Cc1ccc(-c2ccncc2)cc1)C(=O)C=Cc1ccc(C(F)(F)F)cc1. The monoisotopic (exact) mass is 502 g/mol. The highest BCUT2D eigenvalue weighted by Crippen LogP contribution is 2.29. The van der Waals surface area contributed by atoms with Crippen molar-refractivity contribution in [3.63, 3.8) is 0 Å². The molecule has 35 heavy (non-hydrogen) atoms. The molecule has 0 aliphatic rings. The average Bonchev–Trinajstić information content (AvgIpc) is 2.87. The predicted octanol–water partition coefficient (Wildman–Crippen LogP) is 5.59. The second kappa shape index (κ2) is 11.7. The number of alkyl halides is 4. The molecular weight excluding hydrogens is 481 g/mol. The van der Waals surface area contributed by atoms with E-state index in [1.54, 1.807) is 12.4 Å². The second-order valence-electron chi connectivity index (χ2n) is 7.55. The van der Waals surface area contributed by atoms with E-state index in [9.17, 15) is 22.8 Å². The molecule has 1 atom stereocenters. The highest BCUT2D eigenvalue weighted by molar-refractivity contribution is 6.20. The van der Waals surface area contributed by atoms with Crippen LogP contribution in [0.2, 0.25) is 0 Å². The molecule has 3 aromatic rings. The number of carbonyl (C=O) groups is 2. The Balaban J connectivity index is 1.82. The Morgan fingerprint density at radius 2 is 1.60 bits per heavy atom. The number of esters is 1. The summed E-state index contributed by atoms with van der Waals surface area (Å²) in [5, 5.41) is 0. The first-order chi connectivity index (χ1) is 16.7. The minimum Gasteiger partial charge on any atom is -0.467 e. The van der Waals surface area contributed by atoms with Crippen molar-refractivity contribution in [2.75, 3.05) is 13.0 Å². The van der Waals surface area contributed by atoms with Crippen LogP contribution in [0.15, 0.2) is 79.1 Å². The van der Waals surface area contributed by atoms with Gasteiger partial charge in [0.1, 0.15) is 6.04 Å². The molecule has 0 aliphatic carbocycles. The van der Waals surface area contributed by atoms with Gasteiger partial charge in [-0.15, -0.1) is 11.6 Å². The summed E-state index contributed by atoms with van der Waals surface area (Å²) >= 11 is 6.00. The van der Waals surface area contributed by atoms with Crippen molar-refractivity contribution in [2.45, 2.75) is 18.8 Å². The Bertz CT molecular complexity index is 1170.